The van der Waals surface area contributed by atoms with Crippen LogP contribution in [-0.4, -0.2) is 46.0 Å². The molecule has 3 atom stereocenters. The van der Waals surface area contributed by atoms with Crippen molar-refractivity contribution in [1.29, 1.82) is 0 Å². The predicted molar refractivity (Wildman–Crippen MR) is 97.0 cm³/mol. The summed E-state index contributed by atoms with van der Waals surface area (Å²) >= 11 is 0. The van der Waals surface area contributed by atoms with Gasteiger partial charge >= 0.3 is 6.18 Å². The molecule has 28 heavy (non-hydrogen) atoms. The number of aliphatic hydroxyl groups is 1. The molecule has 2 aromatic rings. The maximum atomic E-state index is 12.7. The van der Waals surface area contributed by atoms with Crippen molar-refractivity contribution in [3.63, 3.8) is 0 Å². The van der Waals surface area contributed by atoms with Gasteiger partial charge < -0.3 is 10.0 Å². The number of amides is 1. The monoisotopic (exact) mass is 390 g/mol. The third-order valence-electron chi connectivity index (χ3n) is 5.63. The second-order valence-corrected chi connectivity index (χ2v) is 7.52. The number of aliphatic hydroxyl groups excluding tert-OH is 1. The molecule has 1 amide bonds. The molecule has 2 aliphatic rings. The van der Waals surface area contributed by atoms with Crippen molar-refractivity contribution in [1.82, 2.24) is 9.80 Å². The molecular formula is C21H21F3N2O2. The van der Waals surface area contributed by atoms with Crippen LogP contribution in [0.25, 0.3) is 0 Å². The van der Waals surface area contributed by atoms with E-state index in [2.05, 4.69) is 4.90 Å². The molecule has 4 rings (SSSR count). The Morgan fingerprint density at radius 1 is 0.929 bits per heavy atom. The van der Waals surface area contributed by atoms with Gasteiger partial charge in [0.25, 0.3) is 5.91 Å². The lowest BCUT2D eigenvalue weighted by Crippen LogP contribution is -2.38. The summed E-state index contributed by atoms with van der Waals surface area (Å²) in [4.78, 5) is 16.3. The molecule has 0 radical (unpaired) electrons. The van der Waals surface area contributed by atoms with Crippen molar-refractivity contribution >= 4 is 5.91 Å². The second-order valence-electron chi connectivity index (χ2n) is 7.52. The van der Waals surface area contributed by atoms with Crippen LogP contribution in [0.15, 0.2) is 54.6 Å². The fourth-order valence-corrected chi connectivity index (χ4v) is 4.21. The summed E-state index contributed by atoms with van der Waals surface area (Å²) in [5.41, 5.74) is 1.12. The summed E-state index contributed by atoms with van der Waals surface area (Å²) in [5.74, 6) is -0.418. The van der Waals surface area contributed by atoms with Crippen molar-refractivity contribution in [3.05, 3.63) is 71.3 Å². The van der Waals surface area contributed by atoms with Crippen LogP contribution in [0.5, 0.6) is 0 Å². The van der Waals surface area contributed by atoms with Crippen LogP contribution in [0.3, 0.4) is 0 Å². The molecule has 4 nitrogen and oxygen atoms in total. The summed E-state index contributed by atoms with van der Waals surface area (Å²) in [6.07, 6.45) is -5.36. The number of halogens is 3. The first-order valence-corrected chi connectivity index (χ1v) is 9.24. The molecule has 0 saturated carbocycles. The molecule has 0 unspecified atom stereocenters. The van der Waals surface area contributed by atoms with Gasteiger partial charge in [-0.05, 0) is 23.3 Å². The Morgan fingerprint density at radius 3 is 2.21 bits per heavy atom. The zero-order valence-electron chi connectivity index (χ0n) is 15.1. The molecule has 0 aliphatic carbocycles. The van der Waals surface area contributed by atoms with Crippen LogP contribution >= 0.6 is 0 Å². The largest absolute Gasteiger partial charge is 0.416 e. The van der Waals surface area contributed by atoms with Crippen LogP contribution in [-0.2, 0) is 24.1 Å². The van der Waals surface area contributed by atoms with Gasteiger partial charge in [0.2, 0.25) is 0 Å². The van der Waals surface area contributed by atoms with Crippen molar-refractivity contribution in [3.8, 4) is 0 Å². The van der Waals surface area contributed by atoms with E-state index in [4.69, 9.17) is 0 Å². The summed E-state index contributed by atoms with van der Waals surface area (Å²) in [7, 11) is 0. The number of hydrogen-bond acceptors (Lipinski definition) is 3. The highest BCUT2D eigenvalue weighted by Crippen LogP contribution is 2.35. The molecular weight excluding hydrogens is 369 g/mol. The van der Waals surface area contributed by atoms with E-state index in [-0.39, 0.29) is 17.9 Å². The first-order valence-electron chi connectivity index (χ1n) is 9.24. The summed E-state index contributed by atoms with van der Waals surface area (Å²) in [5, 5.41) is 10.4. The fraction of sp³-hybridized carbons (Fsp3) is 0.381. The average Bonchev–Trinajstić information content (AvgIpc) is 3.16. The first-order chi connectivity index (χ1) is 13.3. The van der Waals surface area contributed by atoms with Crippen molar-refractivity contribution < 1.29 is 23.1 Å². The van der Waals surface area contributed by atoms with E-state index >= 15 is 0 Å². The number of benzene rings is 2. The molecule has 2 heterocycles. The van der Waals surface area contributed by atoms with E-state index in [0.717, 1.165) is 23.3 Å². The normalized spacial score (nSPS) is 25.4. The number of nitrogens with zero attached hydrogens (tertiary/aromatic N) is 2. The molecule has 2 fully saturated rings. The molecule has 0 bridgehead atoms. The third-order valence-corrected chi connectivity index (χ3v) is 5.63. The minimum Gasteiger partial charge on any atom is -0.383 e. The third kappa shape index (κ3) is 3.64. The van der Waals surface area contributed by atoms with Gasteiger partial charge in [-0.2, -0.15) is 13.2 Å². The lowest BCUT2D eigenvalue weighted by atomic mass is 10.0. The number of hydrogen-bond donors (Lipinski definition) is 1. The van der Waals surface area contributed by atoms with Crippen LogP contribution in [0.4, 0.5) is 13.2 Å². The minimum atomic E-state index is -4.34. The quantitative estimate of drug-likeness (QED) is 0.873. The van der Waals surface area contributed by atoms with Gasteiger partial charge in [0, 0.05) is 32.1 Å². The molecule has 0 spiro atoms. The molecule has 2 aliphatic heterocycles. The average molecular weight is 390 g/mol. The van der Waals surface area contributed by atoms with Crippen molar-refractivity contribution in [2.24, 2.45) is 5.92 Å². The summed E-state index contributed by atoms with van der Waals surface area (Å²) in [6.45, 7) is 2.09. The molecule has 2 aromatic carbocycles. The number of rotatable bonds is 4. The smallest absolute Gasteiger partial charge is 0.383 e. The van der Waals surface area contributed by atoms with Gasteiger partial charge in [0.15, 0.2) is 0 Å². The number of carbonyl (C=O) groups excluding carboxylic acids is 1. The highest BCUT2D eigenvalue weighted by molar-refractivity contribution is 5.84. The maximum Gasteiger partial charge on any atom is 0.416 e. The Morgan fingerprint density at radius 2 is 1.57 bits per heavy atom. The number of alkyl halides is 3. The molecule has 1 N–H and O–H groups in total. The highest BCUT2D eigenvalue weighted by Gasteiger charge is 2.51. The predicted octanol–water partition coefficient (Wildman–Crippen LogP) is 2.91. The maximum absolute atomic E-state index is 12.7. The Kier molecular flexibility index (Phi) is 4.89. The Bertz CT molecular complexity index is 839. The van der Waals surface area contributed by atoms with Crippen molar-refractivity contribution in [2.75, 3.05) is 13.1 Å². The highest BCUT2D eigenvalue weighted by atomic mass is 19.4. The Balaban J connectivity index is 1.44. The van der Waals surface area contributed by atoms with E-state index in [0.29, 0.717) is 26.2 Å². The zero-order valence-corrected chi connectivity index (χ0v) is 15.1. The zero-order chi connectivity index (χ0) is 19.9. The first kappa shape index (κ1) is 19.0. The Hall–Kier alpha value is -2.38. The van der Waals surface area contributed by atoms with Gasteiger partial charge in [0.05, 0.1) is 11.6 Å². The van der Waals surface area contributed by atoms with Gasteiger partial charge in [-0.15, -0.1) is 0 Å². The topological polar surface area (TPSA) is 43.8 Å². The van der Waals surface area contributed by atoms with E-state index in [1.807, 2.05) is 30.3 Å². The van der Waals surface area contributed by atoms with Crippen LogP contribution in [0.2, 0.25) is 0 Å². The fourth-order valence-electron chi connectivity index (χ4n) is 4.21. The van der Waals surface area contributed by atoms with Gasteiger partial charge in [-0.25, -0.2) is 0 Å². The molecule has 148 valence electrons. The van der Waals surface area contributed by atoms with Gasteiger partial charge in [0.1, 0.15) is 6.10 Å². The number of likely N-dealkylation sites (tertiary alicyclic amines) is 2. The minimum absolute atomic E-state index is 0.0860. The van der Waals surface area contributed by atoms with Crippen molar-refractivity contribution in [2.45, 2.75) is 31.4 Å². The van der Waals surface area contributed by atoms with Crippen LogP contribution < -0.4 is 0 Å². The van der Waals surface area contributed by atoms with E-state index in [9.17, 15) is 23.1 Å². The van der Waals surface area contributed by atoms with E-state index in [1.165, 1.54) is 12.1 Å². The molecule has 0 aromatic heterocycles. The summed E-state index contributed by atoms with van der Waals surface area (Å²) < 4.78 is 38.1. The van der Waals surface area contributed by atoms with E-state index < -0.39 is 17.8 Å². The van der Waals surface area contributed by atoms with Gasteiger partial charge in [-0.3, -0.25) is 9.69 Å². The SMILES string of the molecule is O=C1[C@@H](O)[C@H]2CN(Cc3ccc(C(F)(F)F)cc3)C[C@H]2N1Cc1ccccc1. The van der Waals surface area contributed by atoms with Crippen LogP contribution in [0.1, 0.15) is 16.7 Å². The van der Waals surface area contributed by atoms with Crippen LogP contribution in [0, 0.1) is 5.92 Å². The molecule has 2 saturated heterocycles. The number of carbonyl (C=O) groups is 1. The molecule has 7 heteroatoms. The van der Waals surface area contributed by atoms with E-state index in [1.54, 1.807) is 4.90 Å². The van der Waals surface area contributed by atoms with Gasteiger partial charge in [-0.1, -0.05) is 42.5 Å². The standard InChI is InChI=1S/C21H21F3N2O2/c22-21(23,24)16-8-6-15(7-9-16)10-25-12-17-18(13-25)26(20(28)19(17)27)11-14-4-2-1-3-5-14/h1-9,17-19,27H,10-13H2/t17-,18+,19-/m0/s1. The second kappa shape index (κ2) is 7.22. The summed E-state index contributed by atoms with van der Waals surface area (Å²) in [6, 6.07) is 14.7. The Labute approximate surface area is 161 Å². The lowest BCUT2D eigenvalue weighted by molar-refractivity contribution is -0.138. The lowest BCUT2D eigenvalue weighted by Gasteiger charge is -2.25. The number of fused-ring (bicyclic) bond motifs is 1.